The van der Waals surface area contributed by atoms with Crippen molar-refractivity contribution in [1.29, 1.82) is 0 Å². The Bertz CT molecular complexity index is 596. The van der Waals surface area contributed by atoms with Crippen LogP contribution >= 0.6 is 46.4 Å². The van der Waals surface area contributed by atoms with Crippen molar-refractivity contribution in [3.8, 4) is 11.1 Å². The second kappa shape index (κ2) is 5.66. The van der Waals surface area contributed by atoms with Gasteiger partial charge in [-0.15, -0.1) is 11.6 Å². The topological polar surface area (TPSA) is 0 Å². The van der Waals surface area contributed by atoms with E-state index in [0.717, 1.165) is 0 Å². The summed E-state index contributed by atoms with van der Waals surface area (Å²) in [5, 5.41) is 0.778. The van der Waals surface area contributed by atoms with Crippen LogP contribution < -0.4 is 0 Å². The monoisotopic (exact) mass is 322 g/mol. The quantitative estimate of drug-likeness (QED) is 0.456. The average molecular weight is 324 g/mol. The second-order valence-corrected chi connectivity index (χ2v) is 5.07. The number of benzene rings is 2. The summed E-state index contributed by atoms with van der Waals surface area (Å²) in [6.45, 7) is 0. The molecule has 0 radical (unpaired) electrons. The fraction of sp³-hybridized carbons (Fsp3) is 0.0769. The Kier molecular flexibility index (Phi) is 4.39. The molecular weight excluding hydrogens is 317 g/mol. The van der Waals surface area contributed by atoms with Gasteiger partial charge in [0.2, 0.25) is 0 Å². The molecule has 0 saturated heterocycles. The molecule has 18 heavy (non-hydrogen) atoms. The van der Waals surface area contributed by atoms with Crippen molar-refractivity contribution in [2.75, 3.05) is 0 Å². The molecule has 0 N–H and O–H groups in total. The summed E-state index contributed by atoms with van der Waals surface area (Å²) in [6.07, 6.45) is 0. The van der Waals surface area contributed by atoms with Gasteiger partial charge in [0.1, 0.15) is 5.82 Å². The third kappa shape index (κ3) is 2.46. The molecule has 2 aromatic rings. The smallest absolute Gasteiger partial charge is 0.135 e. The second-order valence-electron chi connectivity index (χ2n) is 3.64. The van der Waals surface area contributed by atoms with E-state index in [-0.39, 0.29) is 15.9 Å². The van der Waals surface area contributed by atoms with Gasteiger partial charge in [0.05, 0.1) is 20.9 Å². The van der Waals surface area contributed by atoms with E-state index in [9.17, 15) is 4.39 Å². The van der Waals surface area contributed by atoms with Gasteiger partial charge in [-0.3, -0.25) is 0 Å². The predicted molar refractivity (Wildman–Crippen MR) is 76.4 cm³/mol. The molecular formula is C13H7Cl4F. The van der Waals surface area contributed by atoms with Crippen molar-refractivity contribution in [1.82, 2.24) is 0 Å². The van der Waals surface area contributed by atoms with Crippen LogP contribution in [0.3, 0.4) is 0 Å². The molecule has 0 saturated carbocycles. The van der Waals surface area contributed by atoms with E-state index >= 15 is 0 Å². The summed E-state index contributed by atoms with van der Waals surface area (Å²) in [6, 6.07) is 8.17. The molecule has 2 rings (SSSR count). The zero-order valence-electron chi connectivity index (χ0n) is 8.98. The average Bonchev–Trinajstić information content (AvgIpc) is 2.37. The van der Waals surface area contributed by atoms with Crippen LogP contribution in [0.1, 0.15) is 5.56 Å². The third-order valence-corrected chi connectivity index (χ3v) is 4.13. The number of hydrogen-bond donors (Lipinski definition) is 0. The van der Waals surface area contributed by atoms with E-state index in [0.29, 0.717) is 21.7 Å². The van der Waals surface area contributed by atoms with Crippen LogP contribution in [0.5, 0.6) is 0 Å². The lowest BCUT2D eigenvalue weighted by atomic mass is 10.0. The molecule has 0 fully saturated rings. The van der Waals surface area contributed by atoms with Crippen LogP contribution in [0.15, 0.2) is 30.3 Å². The summed E-state index contributed by atoms with van der Waals surface area (Å²) in [7, 11) is 0. The molecule has 0 nitrogen and oxygen atoms in total. The molecule has 0 spiro atoms. The van der Waals surface area contributed by atoms with Crippen LogP contribution in [0.2, 0.25) is 15.1 Å². The summed E-state index contributed by atoms with van der Waals surface area (Å²) in [5.74, 6) is -0.300. The first-order valence-corrected chi connectivity index (χ1v) is 6.70. The van der Waals surface area contributed by atoms with Crippen LogP contribution in [-0.4, -0.2) is 0 Å². The number of halogens is 5. The standard InChI is InChI=1S/C13H7Cl4F/c14-6-7-2-1-3-9(13(7)18)8-4-5-10(15)12(17)11(8)16/h1-5H,6H2. The van der Waals surface area contributed by atoms with Gasteiger partial charge < -0.3 is 0 Å². The van der Waals surface area contributed by atoms with E-state index in [4.69, 9.17) is 46.4 Å². The van der Waals surface area contributed by atoms with Gasteiger partial charge in [-0.1, -0.05) is 59.1 Å². The predicted octanol–water partition coefficient (Wildman–Crippen LogP) is 6.19. The molecule has 0 aliphatic rings. The van der Waals surface area contributed by atoms with Crippen molar-refractivity contribution in [2.24, 2.45) is 0 Å². The third-order valence-electron chi connectivity index (χ3n) is 2.55. The molecule has 0 bridgehead atoms. The lowest BCUT2D eigenvalue weighted by molar-refractivity contribution is 0.620. The zero-order chi connectivity index (χ0) is 13.3. The molecule has 0 atom stereocenters. The Morgan fingerprint density at radius 1 is 0.889 bits per heavy atom. The molecule has 2 aromatic carbocycles. The minimum absolute atomic E-state index is 0.0958. The Hall–Kier alpha value is -0.470. The SMILES string of the molecule is Fc1c(CCl)cccc1-c1ccc(Cl)c(Cl)c1Cl. The molecule has 0 aliphatic heterocycles. The summed E-state index contributed by atoms with van der Waals surface area (Å²) < 4.78 is 14.2. The highest BCUT2D eigenvalue weighted by molar-refractivity contribution is 6.49. The highest BCUT2D eigenvalue weighted by Crippen LogP contribution is 2.39. The van der Waals surface area contributed by atoms with Crippen molar-refractivity contribution >= 4 is 46.4 Å². The Balaban J connectivity index is 2.66. The van der Waals surface area contributed by atoms with Crippen LogP contribution in [0.25, 0.3) is 11.1 Å². The molecule has 0 aliphatic carbocycles. The summed E-state index contributed by atoms with van der Waals surface area (Å²) >= 11 is 23.5. The lowest BCUT2D eigenvalue weighted by Gasteiger charge is -2.10. The van der Waals surface area contributed by atoms with Crippen molar-refractivity contribution in [3.63, 3.8) is 0 Å². The van der Waals surface area contributed by atoms with Crippen molar-refractivity contribution in [3.05, 3.63) is 56.8 Å². The van der Waals surface area contributed by atoms with Gasteiger partial charge in [0, 0.05) is 16.7 Å². The van der Waals surface area contributed by atoms with Gasteiger partial charge in [0.25, 0.3) is 0 Å². The molecule has 0 amide bonds. The molecule has 0 aromatic heterocycles. The Labute approximate surface area is 124 Å². The van der Waals surface area contributed by atoms with Crippen LogP contribution in [0.4, 0.5) is 4.39 Å². The fourth-order valence-corrected chi connectivity index (χ4v) is 2.47. The molecule has 0 unspecified atom stereocenters. The normalized spacial score (nSPS) is 10.7. The van der Waals surface area contributed by atoms with Crippen LogP contribution in [0, 0.1) is 5.82 Å². The largest absolute Gasteiger partial charge is 0.206 e. The maximum atomic E-state index is 14.2. The number of rotatable bonds is 2. The first-order chi connectivity index (χ1) is 8.56. The Morgan fingerprint density at radius 3 is 2.28 bits per heavy atom. The highest BCUT2D eigenvalue weighted by atomic mass is 35.5. The van der Waals surface area contributed by atoms with Crippen LogP contribution in [-0.2, 0) is 5.88 Å². The zero-order valence-corrected chi connectivity index (χ0v) is 12.0. The number of alkyl halides is 1. The van der Waals surface area contributed by atoms with Gasteiger partial charge in [-0.25, -0.2) is 4.39 Å². The first-order valence-electron chi connectivity index (χ1n) is 5.03. The van der Waals surface area contributed by atoms with E-state index < -0.39 is 5.82 Å². The van der Waals surface area contributed by atoms with Gasteiger partial charge in [0.15, 0.2) is 0 Å². The first kappa shape index (κ1) is 14.0. The van der Waals surface area contributed by atoms with E-state index in [2.05, 4.69) is 0 Å². The number of hydrogen-bond acceptors (Lipinski definition) is 0. The van der Waals surface area contributed by atoms with Crippen molar-refractivity contribution in [2.45, 2.75) is 5.88 Å². The lowest BCUT2D eigenvalue weighted by Crippen LogP contribution is -1.92. The van der Waals surface area contributed by atoms with E-state index in [1.807, 2.05) is 0 Å². The molecule has 0 heterocycles. The minimum Gasteiger partial charge on any atom is -0.206 e. The highest BCUT2D eigenvalue weighted by Gasteiger charge is 2.15. The molecule has 94 valence electrons. The Morgan fingerprint density at radius 2 is 1.61 bits per heavy atom. The maximum absolute atomic E-state index is 14.2. The summed E-state index contributed by atoms with van der Waals surface area (Å²) in [5.41, 5.74) is 1.27. The van der Waals surface area contributed by atoms with E-state index in [1.165, 1.54) is 0 Å². The fourth-order valence-electron chi connectivity index (χ4n) is 1.62. The van der Waals surface area contributed by atoms with Gasteiger partial charge >= 0.3 is 0 Å². The minimum atomic E-state index is -0.396. The molecule has 5 heteroatoms. The maximum Gasteiger partial charge on any atom is 0.135 e. The van der Waals surface area contributed by atoms with Crippen molar-refractivity contribution < 1.29 is 4.39 Å². The van der Waals surface area contributed by atoms with Gasteiger partial charge in [-0.2, -0.15) is 0 Å². The van der Waals surface area contributed by atoms with E-state index in [1.54, 1.807) is 30.3 Å². The van der Waals surface area contributed by atoms with Gasteiger partial charge in [-0.05, 0) is 6.07 Å². The summed E-state index contributed by atoms with van der Waals surface area (Å²) in [4.78, 5) is 0.